The normalized spacial score (nSPS) is 13.3. The highest BCUT2D eigenvalue weighted by Gasteiger charge is 2.22. The molecular formula is C28H28ClN3O8S. The molecule has 13 heteroatoms. The predicted molar refractivity (Wildman–Crippen MR) is 149 cm³/mol. The highest BCUT2D eigenvalue weighted by molar-refractivity contribution is 7.90. The highest BCUT2D eigenvalue weighted by Crippen LogP contribution is 2.23. The van der Waals surface area contributed by atoms with Gasteiger partial charge in [-0.25, -0.2) is 22.9 Å². The molecule has 2 amide bonds. The van der Waals surface area contributed by atoms with E-state index in [1.165, 1.54) is 37.4 Å². The van der Waals surface area contributed by atoms with Crippen LogP contribution in [0.1, 0.15) is 52.0 Å². The molecule has 1 saturated carbocycles. The Kier molecular flexibility index (Phi) is 9.79. The van der Waals surface area contributed by atoms with Gasteiger partial charge >= 0.3 is 6.16 Å². The van der Waals surface area contributed by atoms with Gasteiger partial charge in [0.25, 0.3) is 21.8 Å². The number of benzene rings is 2. The number of methoxy groups -OCH3 is 1. The van der Waals surface area contributed by atoms with Crippen LogP contribution in [-0.4, -0.2) is 51.1 Å². The van der Waals surface area contributed by atoms with Gasteiger partial charge in [-0.05, 0) is 74.1 Å². The lowest BCUT2D eigenvalue weighted by Gasteiger charge is -2.11. The van der Waals surface area contributed by atoms with Crippen molar-refractivity contribution in [2.24, 2.45) is 0 Å². The summed E-state index contributed by atoms with van der Waals surface area (Å²) in [6, 6.07) is 13.2. The van der Waals surface area contributed by atoms with Crippen LogP contribution in [0.15, 0.2) is 65.7 Å². The van der Waals surface area contributed by atoms with Crippen molar-refractivity contribution in [1.82, 2.24) is 15.0 Å². The maximum absolute atomic E-state index is 12.7. The van der Waals surface area contributed by atoms with E-state index in [1.54, 1.807) is 24.3 Å². The van der Waals surface area contributed by atoms with Crippen molar-refractivity contribution in [2.75, 3.05) is 13.7 Å². The average Bonchev–Trinajstić information content (AvgIpc) is 3.46. The van der Waals surface area contributed by atoms with E-state index in [1.807, 2.05) is 4.72 Å². The van der Waals surface area contributed by atoms with Gasteiger partial charge in [0.05, 0.1) is 23.1 Å². The van der Waals surface area contributed by atoms with Crippen LogP contribution in [-0.2, 0) is 21.2 Å². The number of rotatable bonds is 10. The molecule has 3 aromatic rings. The van der Waals surface area contributed by atoms with Crippen molar-refractivity contribution in [2.45, 2.75) is 43.1 Å². The minimum absolute atomic E-state index is 0.0474. The number of nitrogens with zero attached hydrogens (tertiary/aromatic N) is 1. The van der Waals surface area contributed by atoms with Crippen molar-refractivity contribution < 1.29 is 37.0 Å². The maximum atomic E-state index is 12.7. The second-order valence-corrected chi connectivity index (χ2v) is 11.3. The summed E-state index contributed by atoms with van der Waals surface area (Å²) >= 11 is 5.98. The molecular weight excluding hydrogens is 574 g/mol. The van der Waals surface area contributed by atoms with Crippen LogP contribution in [0.25, 0.3) is 0 Å². The lowest BCUT2D eigenvalue weighted by molar-refractivity contribution is 0.0600. The van der Waals surface area contributed by atoms with Gasteiger partial charge in [0.15, 0.2) is 0 Å². The van der Waals surface area contributed by atoms with Gasteiger partial charge in [0.1, 0.15) is 11.9 Å². The Hall–Kier alpha value is -4.16. The highest BCUT2D eigenvalue weighted by atomic mass is 35.5. The zero-order valence-corrected chi connectivity index (χ0v) is 23.7. The van der Waals surface area contributed by atoms with Gasteiger partial charge in [-0.1, -0.05) is 23.7 Å². The molecule has 2 N–H and O–H groups in total. The van der Waals surface area contributed by atoms with Crippen LogP contribution < -0.4 is 19.5 Å². The van der Waals surface area contributed by atoms with E-state index in [0.29, 0.717) is 22.8 Å². The molecule has 0 atom stereocenters. The van der Waals surface area contributed by atoms with Crippen molar-refractivity contribution in [3.05, 3.63) is 82.5 Å². The quantitative estimate of drug-likeness (QED) is 0.324. The molecule has 0 aliphatic heterocycles. The van der Waals surface area contributed by atoms with Gasteiger partial charge < -0.3 is 19.5 Å². The molecule has 4 rings (SSSR count). The fourth-order valence-electron chi connectivity index (χ4n) is 4.18. The smallest absolute Gasteiger partial charge is 0.496 e. The SMILES string of the molecule is COc1ccc(Cl)cc1C(=O)NCCc1ccc(S(=O)(=O)NC(=O)c2ccc(OC(=O)OC3CCCC3)nc2)cc1. The minimum atomic E-state index is -4.18. The number of hydrogen-bond acceptors (Lipinski definition) is 9. The minimum Gasteiger partial charge on any atom is -0.496 e. The first-order valence-corrected chi connectivity index (χ1v) is 14.6. The van der Waals surface area contributed by atoms with Crippen molar-refractivity contribution in [1.29, 1.82) is 0 Å². The molecule has 1 aliphatic rings. The second-order valence-electron chi connectivity index (χ2n) is 9.19. The molecule has 216 valence electrons. The number of nitrogens with one attached hydrogen (secondary N) is 2. The number of aromatic nitrogens is 1. The molecule has 1 aliphatic carbocycles. The Balaban J connectivity index is 1.28. The number of halogens is 1. The molecule has 0 saturated heterocycles. The summed E-state index contributed by atoms with van der Waals surface area (Å²) in [7, 11) is -2.72. The predicted octanol–water partition coefficient (Wildman–Crippen LogP) is 4.29. The van der Waals surface area contributed by atoms with E-state index in [0.717, 1.165) is 37.4 Å². The summed E-state index contributed by atoms with van der Waals surface area (Å²) in [5, 5.41) is 3.18. The van der Waals surface area contributed by atoms with Gasteiger partial charge in [0.2, 0.25) is 5.88 Å². The number of carbonyl (C=O) groups is 3. The van der Waals surface area contributed by atoms with Gasteiger partial charge in [-0.3, -0.25) is 9.59 Å². The third kappa shape index (κ3) is 8.18. The van der Waals surface area contributed by atoms with E-state index < -0.39 is 22.1 Å². The molecule has 0 radical (unpaired) electrons. The molecule has 0 unspecified atom stereocenters. The molecule has 2 aromatic carbocycles. The van der Waals surface area contributed by atoms with Crippen LogP contribution in [0.2, 0.25) is 5.02 Å². The lowest BCUT2D eigenvalue weighted by Crippen LogP contribution is -2.30. The first-order valence-electron chi connectivity index (χ1n) is 12.8. The molecule has 1 fully saturated rings. The van der Waals surface area contributed by atoms with Crippen LogP contribution >= 0.6 is 11.6 Å². The number of ether oxygens (including phenoxy) is 3. The van der Waals surface area contributed by atoms with E-state index >= 15 is 0 Å². The molecule has 41 heavy (non-hydrogen) atoms. The third-order valence-electron chi connectivity index (χ3n) is 6.32. The first-order chi connectivity index (χ1) is 19.6. The van der Waals surface area contributed by atoms with Crippen molar-refractivity contribution in [3.63, 3.8) is 0 Å². The van der Waals surface area contributed by atoms with Crippen LogP contribution in [0.5, 0.6) is 11.6 Å². The number of carbonyl (C=O) groups excluding carboxylic acids is 3. The lowest BCUT2D eigenvalue weighted by atomic mass is 10.1. The zero-order chi connectivity index (χ0) is 29.4. The molecule has 1 aromatic heterocycles. The largest absolute Gasteiger partial charge is 0.515 e. The summed E-state index contributed by atoms with van der Waals surface area (Å²) in [4.78, 5) is 40.7. The van der Waals surface area contributed by atoms with Crippen LogP contribution in [0.4, 0.5) is 4.79 Å². The Morgan fingerprint density at radius 3 is 2.39 bits per heavy atom. The van der Waals surface area contributed by atoms with Gasteiger partial charge in [-0.15, -0.1) is 0 Å². The zero-order valence-electron chi connectivity index (χ0n) is 22.1. The summed E-state index contributed by atoms with van der Waals surface area (Å²) in [6.45, 7) is 0.280. The molecule has 1 heterocycles. The molecule has 0 bridgehead atoms. The summed E-state index contributed by atoms with van der Waals surface area (Å²) in [5.74, 6) is -0.945. The summed E-state index contributed by atoms with van der Waals surface area (Å²) < 4.78 is 42.9. The third-order valence-corrected chi connectivity index (χ3v) is 7.90. The topological polar surface area (TPSA) is 150 Å². The van der Waals surface area contributed by atoms with E-state index in [4.69, 9.17) is 25.8 Å². The molecule has 11 nitrogen and oxygen atoms in total. The summed E-state index contributed by atoms with van der Waals surface area (Å²) in [6.07, 6.45) is 4.04. The Bertz CT molecular complexity index is 1510. The number of sulfonamides is 1. The first kappa shape index (κ1) is 29.8. The Morgan fingerprint density at radius 1 is 1.00 bits per heavy atom. The Morgan fingerprint density at radius 2 is 1.73 bits per heavy atom. The fourth-order valence-corrected chi connectivity index (χ4v) is 5.32. The van der Waals surface area contributed by atoms with E-state index in [2.05, 4.69) is 10.3 Å². The van der Waals surface area contributed by atoms with Crippen molar-refractivity contribution >= 4 is 39.6 Å². The van der Waals surface area contributed by atoms with Crippen molar-refractivity contribution in [3.8, 4) is 11.6 Å². The standard InChI is InChI=1S/C28H28ClN3O8S/c1-38-24-12-9-20(29)16-23(24)27(34)30-15-14-18-6-10-22(11-7-18)41(36,37)32-26(33)19-8-13-25(31-17-19)40-28(35)39-21-4-2-3-5-21/h6-13,16-17,21H,2-5,14-15H2,1H3,(H,30,34)(H,32,33). The van der Waals surface area contributed by atoms with E-state index in [-0.39, 0.29) is 34.9 Å². The second kappa shape index (κ2) is 13.5. The average molecular weight is 602 g/mol. The number of pyridine rings is 1. The van der Waals surface area contributed by atoms with Gasteiger partial charge in [-0.2, -0.15) is 0 Å². The van der Waals surface area contributed by atoms with Crippen LogP contribution in [0, 0.1) is 0 Å². The van der Waals surface area contributed by atoms with Crippen LogP contribution in [0.3, 0.4) is 0 Å². The number of amides is 2. The number of hydrogen-bond donors (Lipinski definition) is 2. The van der Waals surface area contributed by atoms with Gasteiger partial charge in [0, 0.05) is 23.8 Å². The fraction of sp³-hybridized carbons (Fsp3) is 0.286. The van der Waals surface area contributed by atoms with E-state index in [9.17, 15) is 22.8 Å². The Labute approximate surface area is 242 Å². The monoisotopic (exact) mass is 601 g/mol. The maximum Gasteiger partial charge on any atom is 0.515 e. The summed E-state index contributed by atoms with van der Waals surface area (Å²) in [5.41, 5.74) is 1.02. The molecule has 0 spiro atoms.